The lowest BCUT2D eigenvalue weighted by molar-refractivity contribution is -0.0672. The second-order valence-electron chi connectivity index (χ2n) is 8.60. The molecule has 0 spiro atoms. The van der Waals surface area contributed by atoms with E-state index in [2.05, 4.69) is 17.6 Å². The summed E-state index contributed by atoms with van der Waals surface area (Å²) in [6.45, 7) is 2.40. The lowest BCUT2D eigenvalue weighted by Crippen LogP contribution is -2.57. The van der Waals surface area contributed by atoms with E-state index in [4.69, 9.17) is 12.2 Å². The summed E-state index contributed by atoms with van der Waals surface area (Å²) in [7, 11) is 0. The molecule has 0 aromatic carbocycles. The molecule has 5 saturated carbocycles. The van der Waals surface area contributed by atoms with Gasteiger partial charge in [0.2, 0.25) is 0 Å². The van der Waals surface area contributed by atoms with Crippen LogP contribution in [0.5, 0.6) is 0 Å². The third-order valence-corrected chi connectivity index (χ3v) is 7.28. The van der Waals surface area contributed by atoms with Crippen molar-refractivity contribution < 1.29 is 0 Å². The van der Waals surface area contributed by atoms with E-state index in [1.807, 2.05) is 0 Å². The van der Waals surface area contributed by atoms with Crippen LogP contribution >= 0.6 is 12.2 Å². The molecule has 0 unspecified atom stereocenters. The molecule has 5 rings (SSSR count). The van der Waals surface area contributed by atoms with E-state index in [1.165, 1.54) is 64.2 Å². The fourth-order valence-corrected chi connectivity index (χ4v) is 6.70. The Hall–Kier alpha value is -0.310. The van der Waals surface area contributed by atoms with Gasteiger partial charge in [-0.2, -0.15) is 0 Å². The zero-order valence-electron chi connectivity index (χ0n) is 13.4. The Balaban J connectivity index is 1.38. The Morgan fingerprint density at radius 2 is 1.52 bits per heavy atom. The summed E-state index contributed by atoms with van der Waals surface area (Å²) < 4.78 is 0. The fourth-order valence-electron chi connectivity index (χ4n) is 6.35. The number of nitrogens with one attached hydrogen (secondary N) is 2. The topological polar surface area (TPSA) is 24.1 Å². The Labute approximate surface area is 134 Å². The minimum atomic E-state index is 0.548. The summed E-state index contributed by atoms with van der Waals surface area (Å²) in [6.07, 6.45) is 14.3. The van der Waals surface area contributed by atoms with E-state index in [-0.39, 0.29) is 0 Å². The highest BCUT2D eigenvalue weighted by atomic mass is 32.1. The first-order chi connectivity index (χ1) is 10.1. The molecule has 2 nitrogen and oxygen atoms in total. The summed E-state index contributed by atoms with van der Waals surface area (Å²) in [6, 6.07) is 1.18. The van der Waals surface area contributed by atoms with Crippen molar-refractivity contribution in [3.05, 3.63) is 0 Å². The maximum absolute atomic E-state index is 5.60. The molecule has 0 saturated heterocycles. The standard InChI is InChI=1S/C18H30N2S/c1-12(19-17(21)20-16-4-2-3-5-16)18-9-13-6-14(10-18)8-15(7-13)11-18/h12-16H,2-11H2,1H3,(H2,19,20,21)/t12-,13?,14?,15?,18?/m1/s1. The van der Waals surface area contributed by atoms with Crippen LogP contribution in [-0.2, 0) is 0 Å². The van der Waals surface area contributed by atoms with Crippen LogP contribution in [0.15, 0.2) is 0 Å². The van der Waals surface area contributed by atoms with Crippen LogP contribution in [0, 0.1) is 23.2 Å². The highest BCUT2D eigenvalue weighted by Gasteiger charge is 2.53. The molecule has 0 amide bonds. The Morgan fingerprint density at radius 3 is 2.05 bits per heavy atom. The monoisotopic (exact) mass is 306 g/mol. The smallest absolute Gasteiger partial charge is 0.166 e. The summed E-state index contributed by atoms with van der Waals surface area (Å²) in [5.41, 5.74) is 0.552. The van der Waals surface area contributed by atoms with E-state index < -0.39 is 0 Å². The van der Waals surface area contributed by atoms with Gasteiger partial charge in [-0.3, -0.25) is 0 Å². The summed E-state index contributed by atoms with van der Waals surface area (Å²) in [5, 5.41) is 8.17. The molecular weight excluding hydrogens is 276 g/mol. The molecule has 118 valence electrons. The maximum atomic E-state index is 5.60. The zero-order chi connectivity index (χ0) is 14.4. The van der Waals surface area contributed by atoms with Crippen LogP contribution in [0.2, 0.25) is 0 Å². The predicted octanol–water partition coefficient (Wildman–Crippen LogP) is 4.00. The molecule has 2 N–H and O–H groups in total. The fraction of sp³-hybridized carbons (Fsp3) is 0.944. The van der Waals surface area contributed by atoms with Crippen LogP contribution < -0.4 is 10.6 Å². The minimum Gasteiger partial charge on any atom is -0.360 e. The lowest BCUT2D eigenvalue weighted by atomic mass is 9.48. The van der Waals surface area contributed by atoms with Gasteiger partial charge in [-0.05, 0) is 93.7 Å². The van der Waals surface area contributed by atoms with Crippen LogP contribution in [0.4, 0.5) is 0 Å². The number of thiocarbonyl (C=S) groups is 1. The van der Waals surface area contributed by atoms with Gasteiger partial charge < -0.3 is 10.6 Å². The van der Waals surface area contributed by atoms with Crippen molar-refractivity contribution in [2.45, 2.75) is 83.2 Å². The van der Waals surface area contributed by atoms with Crippen molar-refractivity contribution in [1.82, 2.24) is 10.6 Å². The summed E-state index contributed by atoms with van der Waals surface area (Å²) in [5.74, 6) is 3.07. The van der Waals surface area contributed by atoms with Gasteiger partial charge in [0.25, 0.3) is 0 Å². The van der Waals surface area contributed by atoms with Crippen LogP contribution in [0.25, 0.3) is 0 Å². The average Bonchev–Trinajstić information content (AvgIpc) is 2.89. The van der Waals surface area contributed by atoms with Crippen LogP contribution in [0.1, 0.15) is 71.1 Å². The van der Waals surface area contributed by atoms with Crippen molar-refractivity contribution in [2.24, 2.45) is 23.2 Å². The van der Waals surface area contributed by atoms with Crippen molar-refractivity contribution >= 4 is 17.3 Å². The largest absolute Gasteiger partial charge is 0.360 e. The van der Waals surface area contributed by atoms with Crippen LogP contribution in [-0.4, -0.2) is 17.2 Å². The number of rotatable bonds is 3. The highest BCUT2D eigenvalue weighted by molar-refractivity contribution is 7.80. The molecule has 3 heteroatoms. The molecule has 4 bridgehead atoms. The first-order valence-electron chi connectivity index (χ1n) is 9.20. The SMILES string of the molecule is C[C@@H](NC(=S)NC1CCCC1)C12CC3CC(CC(C3)C1)C2. The van der Waals surface area contributed by atoms with E-state index in [9.17, 15) is 0 Å². The van der Waals surface area contributed by atoms with Gasteiger partial charge in [-0.25, -0.2) is 0 Å². The molecule has 21 heavy (non-hydrogen) atoms. The minimum absolute atomic E-state index is 0.548. The van der Waals surface area contributed by atoms with Gasteiger partial charge in [-0.1, -0.05) is 12.8 Å². The second kappa shape index (κ2) is 5.40. The third-order valence-electron chi connectivity index (χ3n) is 7.04. The lowest BCUT2D eigenvalue weighted by Gasteiger charge is -2.59. The molecule has 5 aliphatic rings. The van der Waals surface area contributed by atoms with Crippen molar-refractivity contribution in [3.8, 4) is 0 Å². The molecule has 5 fully saturated rings. The van der Waals surface area contributed by atoms with E-state index in [1.54, 1.807) is 0 Å². The molecule has 1 atom stereocenters. The molecule has 0 heterocycles. The van der Waals surface area contributed by atoms with Gasteiger partial charge >= 0.3 is 0 Å². The van der Waals surface area contributed by atoms with Gasteiger partial charge in [0.1, 0.15) is 0 Å². The molecule has 0 aliphatic heterocycles. The van der Waals surface area contributed by atoms with E-state index >= 15 is 0 Å². The molecule has 0 aromatic rings. The predicted molar refractivity (Wildman–Crippen MR) is 91.2 cm³/mol. The molecule has 0 radical (unpaired) electrons. The van der Waals surface area contributed by atoms with Crippen molar-refractivity contribution in [1.29, 1.82) is 0 Å². The molecular formula is C18H30N2S. The molecule has 5 aliphatic carbocycles. The van der Waals surface area contributed by atoms with E-state index in [0.29, 0.717) is 17.5 Å². The Bertz CT molecular complexity index is 378. The first kappa shape index (κ1) is 14.3. The Kier molecular flexibility index (Phi) is 3.68. The normalized spacial score (nSPS) is 43.0. The number of hydrogen-bond acceptors (Lipinski definition) is 1. The molecule has 0 aromatic heterocycles. The summed E-state index contributed by atoms with van der Waals surface area (Å²) >= 11 is 5.60. The van der Waals surface area contributed by atoms with Gasteiger partial charge in [0, 0.05) is 12.1 Å². The quantitative estimate of drug-likeness (QED) is 0.771. The third kappa shape index (κ3) is 2.71. The van der Waals surface area contributed by atoms with Crippen molar-refractivity contribution in [3.63, 3.8) is 0 Å². The average molecular weight is 307 g/mol. The van der Waals surface area contributed by atoms with E-state index in [0.717, 1.165) is 22.9 Å². The Morgan fingerprint density at radius 1 is 1.00 bits per heavy atom. The summed E-state index contributed by atoms with van der Waals surface area (Å²) in [4.78, 5) is 0. The highest BCUT2D eigenvalue weighted by Crippen LogP contribution is 2.61. The van der Waals surface area contributed by atoms with Crippen LogP contribution in [0.3, 0.4) is 0 Å². The number of hydrogen-bond donors (Lipinski definition) is 2. The zero-order valence-corrected chi connectivity index (χ0v) is 14.2. The van der Waals surface area contributed by atoms with Crippen molar-refractivity contribution in [2.75, 3.05) is 0 Å². The van der Waals surface area contributed by atoms with Gasteiger partial charge in [0.15, 0.2) is 5.11 Å². The first-order valence-corrected chi connectivity index (χ1v) is 9.61. The van der Waals surface area contributed by atoms with Gasteiger partial charge in [-0.15, -0.1) is 0 Å². The maximum Gasteiger partial charge on any atom is 0.166 e. The second-order valence-corrected chi connectivity index (χ2v) is 9.01. The van der Waals surface area contributed by atoms with Gasteiger partial charge in [0.05, 0.1) is 0 Å².